The van der Waals surface area contributed by atoms with Crippen LogP contribution in [-0.4, -0.2) is 42.5 Å². The van der Waals surface area contributed by atoms with Crippen molar-refractivity contribution in [2.24, 2.45) is 0 Å². The summed E-state index contributed by atoms with van der Waals surface area (Å²) in [6, 6.07) is 30.1. The van der Waals surface area contributed by atoms with Gasteiger partial charge in [-0.15, -0.1) is 12.4 Å². The predicted molar refractivity (Wildman–Crippen MR) is 130 cm³/mol. The molecule has 1 atom stereocenters. The normalized spacial score (nSPS) is 14.5. The van der Waals surface area contributed by atoms with Crippen LogP contribution in [0.4, 0.5) is 16.2 Å². The summed E-state index contributed by atoms with van der Waals surface area (Å²) in [7, 11) is 1.93. The van der Waals surface area contributed by atoms with Crippen LogP contribution >= 0.6 is 12.4 Å². The molecule has 0 saturated carbocycles. The second kappa shape index (κ2) is 11.0. The number of carbonyl (C=O) groups is 1. The quantitative estimate of drug-likeness (QED) is 0.465. The van der Waals surface area contributed by atoms with Crippen LogP contribution < -0.4 is 4.90 Å². The van der Waals surface area contributed by atoms with Gasteiger partial charge in [0.25, 0.3) is 0 Å². The Hall–Kier alpha value is -2.82. The van der Waals surface area contributed by atoms with E-state index < -0.39 is 0 Å². The second-order valence-corrected chi connectivity index (χ2v) is 7.83. The van der Waals surface area contributed by atoms with E-state index in [1.165, 1.54) is 18.4 Å². The van der Waals surface area contributed by atoms with E-state index in [9.17, 15) is 4.79 Å². The van der Waals surface area contributed by atoms with E-state index in [1.54, 1.807) is 4.90 Å². The standard InChI is InChI=1S/C26H29N3O.ClH/c1-27(25(21-28-19-11-12-20-28)22-13-5-2-6-14-22)26(30)29(23-15-7-3-8-16-23)24-17-9-4-10-18-24;/h2-10,13-18,25H,11-12,19-21H2,1H3;1H/t25-;/m1./s1. The summed E-state index contributed by atoms with van der Waals surface area (Å²) in [6.07, 6.45) is 2.47. The molecule has 3 aromatic rings. The van der Waals surface area contributed by atoms with Gasteiger partial charge >= 0.3 is 6.03 Å². The van der Waals surface area contributed by atoms with E-state index in [0.717, 1.165) is 31.0 Å². The number of rotatable bonds is 6. The van der Waals surface area contributed by atoms with Gasteiger partial charge in [-0.05, 0) is 55.8 Å². The van der Waals surface area contributed by atoms with Gasteiger partial charge in [0.05, 0.1) is 17.4 Å². The molecule has 162 valence electrons. The van der Waals surface area contributed by atoms with E-state index in [4.69, 9.17) is 0 Å². The number of amides is 2. The third kappa shape index (κ3) is 5.46. The molecule has 1 heterocycles. The number of benzene rings is 3. The maximum atomic E-state index is 13.9. The van der Waals surface area contributed by atoms with Crippen LogP contribution in [0.3, 0.4) is 0 Å². The van der Waals surface area contributed by atoms with Gasteiger partial charge in [0.15, 0.2) is 0 Å². The SMILES string of the molecule is CN(C(=O)N(c1ccccc1)c1ccccc1)[C@H](CN1CCCC1)c1ccccc1.Cl. The fourth-order valence-electron chi connectivity index (χ4n) is 4.15. The van der Waals surface area contributed by atoms with Crippen molar-refractivity contribution in [2.45, 2.75) is 18.9 Å². The summed E-state index contributed by atoms with van der Waals surface area (Å²) in [5.41, 5.74) is 2.91. The van der Waals surface area contributed by atoms with Crippen LogP contribution in [0.15, 0.2) is 91.0 Å². The number of anilines is 2. The van der Waals surface area contributed by atoms with E-state index in [-0.39, 0.29) is 24.5 Å². The van der Waals surface area contributed by atoms with Gasteiger partial charge in [0, 0.05) is 13.6 Å². The Morgan fingerprint density at radius 1 is 0.806 bits per heavy atom. The molecule has 1 aliphatic rings. The van der Waals surface area contributed by atoms with E-state index in [2.05, 4.69) is 29.2 Å². The number of likely N-dealkylation sites (N-methyl/N-ethyl adjacent to an activating group) is 1. The molecule has 4 nitrogen and oxygen atoms in total. The smallest absolute Gasteiger partial charge is 0.319 e. The number of likely N-dealkylation sites (tertiary alicyclic amines) is 1. The van der Waals surface area contributed by atoms with Gasteiger partial charge < -0.3 is 9.80 Å². The van der Waals surface area contributed by atoms with Crippen LogP contribution in [-0.2, 0) is 0 Å². The number of urea groups is 1. The Balaban J connectivity index is 0.00000272. The summed E-state index contributed by atoms with van der Waals surface area (Å²) >= 11 is 0. The number of nitrogens with zero attached hydrogens (tertiary/aromatic N) is 3. The lowest BCUT2D eigenvalue weighted by Crippen LogP contribution is -2.44. The molecule has 0 spiro atoms. The first-order valence-corrected chi connectivity index (χ1v) is 10.7. The number of hydrogen-bond acceptors (Lipinski definition) is 2. The maximum absolute atomic E-state index is 13.9. The zero-order chi connectivity index (χ0) is 20.8. The van der Waals surface area contributed by atoms with Crippen molar-refractivity contribution in [3.05, 3.63) is 96.6 Å². The number of halogens is 1. The summed E-state index contributed by atoms with van der Waals surface area (Å²) in [5, 5.41) is 0. The summed E-state index contributed by atoms with van der Waals surface area (Å²) in [6.45, 7) is 3.06. The summed E-state index contributed by atoms with van der Waals surface area (Å²) < 4.78 is 0. The monoisotopic (exact) mass is 435 g/mol. The lowest BCUT2D eigenvalue weighted by molar-refractivity contribution is 0.177. The lowest BCUT2D eigenvalue weighted by Gasteiger charge is -2.36. The average molecular weight is 436 g/mol. The minimum absolute atomic E-state index is 0. The number of carbonyl (C=O) groups excluding carboxylic acids is 1. The molecular formula is C26H30ClN3O. The zero-order valence-electron chi connectivity index (χ0n) is 17.9. The summed E-state index contributed by atoms with van der Waals surface area (Å²) in [5.74, 6) is 0. The minimum atomic E-state index is -0.0274. The molecule has 0 N–H and O–H groups in total. The molecule has 1 fully saturated rings. The largest absolute Gasteiger partial charge is 0.329 e. The van der Waals surface area contributed by atoms with E-state index in [1.807, 2.05) is 78.7 Å². The van der Waals surface area contributed by atoms with Gasteiger partial charge in [0.1, 0.15) is 0 Å². The first-order chi connectivity index (χ1) is 14.7. The van der Waals surface area contributed by atoms with Gasteiger partial charge in [-0.3, -0.25) is 4.90 Å². The number of hydrogen-bond donors (Lipinski definition) is 0. The first-order valence-electron chi connectivity index (χ1n) is 10.7. The van der Waals surface area contributed by atoms with Gasteiger partial charge in [-0.1, -0.05) is 66.7 Å². The Morgan fingerprint density at radius 2 is 1.26 bits per heavy atom. The highest BCUT2D eigenvalue weighted by Gasteiger charge is 2.29. The Morgan fingerprint density at radius 3 is 1.74 bits per heavy atom. The molecule has 4 rings (SSSR count). The molecule has 1 saturated heterocycles. The van der Waals surface area contributed by atoms with Crippen LogP contribution in [0, 0.1) is 0 Å². The lowest BCUT2D eigenvalue weighted by atomic mass is 10.1. The fourth-order valence-corrected chi connectivity index (χ4v) is 4.15. The van der Waals surface area contributed by atoms with Crippen LogP contribution in [0.1, 0.15) is 24.4 Å². The van der Waals surface area contributed by atoms with Gasteiger partial charge in [-0.25, -0.2) is 4.79 Å². The maximum Gasteiger partial charge on any atom is 0.329 e. The van der Waals surface area contributed by atoms with Crippen molar-refractivity contribution >= 4 is 29.8 Å². The van der Waals surface area contributed by atoms with Crippen molar-refractivity contribution in [1.82, 2.24) is 9.80 Å². The molecule has 3 aromatic carbocycles. The molecular weight excluding hydrogens is 406 g/mol. The highest BCUT2D eigenvalue weighted by atomic mass is 35.5. The van der Waals surface area contributed by atoms with Crippen LogP contribution in [0.25, 0.3) is 0 Å². The van der Waals surface area contributed by atoms with Crippen LogP contribution in [0.2, 0.25) is 0 Å². The van der Waals surface area contributed by atoms with Gasteiger partial charge in [0.2, 0.25) is 0 Å². The predicted octanol–water partition coefficient (Wildman–Crippen LogP) is 6.14. The molecule has 0 bridgehead atoms. The topological polar surface area (TPSA) is 26.8 Å². The fraction of sp³-hybridized carbons (Fsp3) is 0.269. The summed E-state index contributed by atoms with van der Waals surface area (Å²) in [4.78, 5) is 20.0. The second-order valence-electron chi connectivity index (χ2n) is 7.83. The molecule has 1 aliphatic heterocycles. The van der Waals surface area contributed by atoms with E-state index >= 15 is 0 Å². The van der Waals surface area contributed by atoms with Crippen molar-refractivity contribution in [3.63, 3.8) is 0 Å². The molecule has 5 heteroatoms. The molecule has 31 heavy (non-hydrogen) atoms. The minimum Gasteiger partial charge on any atom is -0.319 e. The van der Waals surface area contributed by atoms with E-state index in [0.29, 0.717) is 0 Å². The third-order valence-electron chi connectivity index (χ3n) is 5.80. The molecule has 0 aromatic heterocycles. The van der Waals surface area contributed by atoms with Crippen molar-refractivity contribution in [3.8, 4) is 0 Å². The Labute approximate surface area is 191 Å². The first kappa shape index (κ1) is 22.9. The number of para-hydroxylation sites is 2. The third-order valence-corrected chi connectivity index (χ3v) is 5.80. The highest BCUT2D eigenvalue weighted by Crippen LogP contribution is 2.30. The zero-order valence-corrected chi connectivity index (χ0v) is 18.7. The molecule has 0 radical (unpaired) electrons. The average Bonchev–Trinajstić information content (AvgIpc) is 3.32. The molecule has 0 unspecified atom stereocenters. The Bertz CT molecular complexity index is 891. The highest BCUT2D eigenvalue weighted by molar-refractivity contribution is 5.99. The van der Waals surface area contributed by atoms with Crippen molar-refractivity contribution in [1.29, 1.82) is 0 Å². The van der Waals surface area contributed by atoms with Gasteiger partial charge in [-0.2, -0.15) is 0 Å². The Kier molecular flexibility index (Phi) is 8.10. The van der Waals surface area contributed by atoms with Crippen LogP contribution in [0.5, 0.6) is 0 Å². The molecule has 2 amide bonds. The van der Waals surface area contributed by atoms with Crippen molar-refractivity contribution < 1.29 is 4.79 Å². The molecule has 0 aliphatic carbocycles. The van der Waals surface area contributed by atoms with Crippen molar-refractivity contribution in [2.75, 3.05) is 31.6 Å².